The highest BCUT2D eigenvalue weighted by Gasteiger charge is 2.12. The molecule has 0 bridgehead atoms. The Labute approximate surface area is 103 Å². The minimum absolute atomic E-state index is 0.0288. The normalized spacial score (nSPS) is 12.5. The highest BCUT2D eigenvalue weighted by Crippen LogP contribution is 2.14. The van der Waals surface area contributed by atoms with Crippen molar-refractivity contribution in [3.05, 3.63) is 11.9 Å². The van der Waals surface area contributed by atoms with Gasteiger partial charge in [0, 0.05) is 25.7 Å². The van der Waals surface area contributed by atoms with Gasteiger partial charge in [-0.3, -0.25) is 9.48 Å². The molecule has 1 heterocycles. The lowest BCUT2D eigenvalue weighted by atomic mass is 10.2. The van der Waals surface area contributed by atoms with E-state index >= 15 is 0 Å². The molecule has 0 aliphatic carbocycles. The van der Waals surface area contributed by atoms with Crippen LogP contribution in [0.3, 0.4) is 0 Å². The number of carbonyl (C=O) groups is 1. The molecule has 17 heavy (non-hydrogen) atoms. The molecule has 0 aromatic carbocycles. The van der Waals surface area contributed by atoms with E-state index in [0.717, 1.165) is 24.3 Å². The van der Waals surface area contributed by atoms with Gasteiger partial charge in [0.25, 0.3) is 0 Å². The fourth-order valence-corrected chi connectivity index (χ4v) is 1.80. The standard InChI is InChI=1S/C12H22N4O/c1-5-10-11(8-16(4)15-10)14-12(17)7-9(3)13-6-2/h8-9,13H,5-7H2,1-4H3,(H,14,17). The zero-order chi connectivity index (χ0) is 12.8. The number of nitrogens with zero attached hydrogens (tertiary/aromatic N) is 2. The molecule has 1 rings (SSSR count). The van der Waals surface area contributed by atoms with Crippen LogP contribution < -0.4 is 10.6 Å². The minimum Gasteiger partial charge on any atom is -0.323 e. The number of aromatic nitrogens is 2. The van der Waals surface area contributed by atoms with E-state index in [1.807, 2.05) is 34.0 Å². The summed E-state index contributed by atoms with van der Waals surface area (Å²) >= 11 is 0. The molecule has 0 saturated carbocycles. The van der Waals surface area contributed by atoms with E-state index < -0.39 is 0 Å². The number of anilines is 1. The lowest BCUT2D eigenvalue weighted by Crippen LogP contribution is -2.30. The number of rotatable bonds is 6. The fraction of sp³-hybridized carbons (Fsp3) is 0.667. The van der Waals surface area contributed by atoms with Gasteiger partial charge in [0.05, 0.1) is 11.4 Å². The van der Waals surface area contributed by atoms with Crippen LogP contribution in [0.5, 0.6) is 0 Å². The van der Waals surface area contributed by atoms with Gasteiger partial charge in [0.2, 0.25) is 5.91 Å². The summed E-state index contributed by atoms with van der Waals surface area (Å²) in [4.78, 5) is 11.8. The number of carbonyl (C=O) groups excluding carboxylic acids is 1. The van der Waals surface area contributed by atoms with Gasteiger partial charge in [-0.1, -0.05) is 13.8 Å². The predicted molar refractivity (Wildman–Crippen MR) is 69.0 cm³/mol. The molecule has 5 heteroatoms. The first-order valence-corrected chi connectivity index (χ1v) is 6.12. The first kappa shape index (κ1) is 13.7. The Morgan fingerprint density at radius 1 is 1.53 bits per heavy atom. The van der Waals surface area contributed by atoms with Gasteiger partial charge >= 0.3 is 0 Å². The van der Waals surface area contributed by atoms with Gasteiger partial charge in [-0.25, -0.2) is 0 Å². The maximum atomic E-state index is 11.8. The lowest BCUT2D eigenvalue weighted by Gasteiger charge is -2.11. The molecule has 0 saturated heterocycles. The van der Waals surface area contributed by atoms with Crippen molar-refractivity contribution >= 4 is 11.6 Å². The van der Waals surface area contributed by atoms with Crippen molar-refractivity contribution in [2.24, 2.45) is 7.05 Å². The Kier molecular flexibility index (Phi) is 5.15. The van der Waals surface area contributed by atoms with Crippen LogP contribution >= 0.6 is 0 Å². The maximum absolute atomic E-state index is 11.8. The van der Waals surface area contributed by atoms with Gasteiger partial charge in [0.1, 0.15) is 0 Å². The van der Waals surface area contributed by atoms with Crippen LogP contribution in [0.25, 0.3) is 0 Å². The van der Waals surface area contributed by atoms with Crippen molar-refractivity contribution in [3.63, 3.8) is 0 Å². The molecule has 0 aliphatic heterocycles. The molecule has 0 radical (unpaired) electrons. The molecular weight excluding hydrogens is 216 g/mol. The van der Waals surface area contributed by atoms with Gasteiger partial charge < -0.3 is 10.6 Å². The first-order chi connectivity index (χ1) is 8.06. The Bertz CT molecular complexity index is 373. The van der Waals surface area contributed by atoms with Crippen LogP contribution in [-0.2, 0) is 18.3 Å². The molecule has 1 atom stereocenters. The van der Waals surface area contributed by atoms with E-state index in [9.17, 15) is 4.79 Å². The highest BCUT2D eigenvalue weighted by atomic mass is 16.1. The van der Waals surface area contributed by atoms with E-state index in [0.29, 0.717) is 6.42 Å². The summed E-state index contributed by atoms with van der Waals surface area (Å²) in [5, 5.41) is 10.4. The molecule has 96 valence electrons. The molecule has 0 fully saturated rings. The van der Waals surface area contributed by atoms with Crippen LogP contribution in [0.1, 0.15) is 32.9 Å². The summed E-state index contributed by atoms with van der Waals surface area (Å²) in [6.45, 7) is 6.94. The SMILES string of the molecule is CCNC(C)CC(=O)Nc1cn(C)nc1CC. The molecule has 1 aromatic rings. The molecule has 1 unspecified atom stereocenters. The predicted octanol–water partition coefficient (Wildman–Crippen LogP) is 1.31. The second-order valence-electron chi connectivity index (χ2n) is 4.23. The van der Waals surface area contributed by atoms with Crippen LogP contribution in [0.2, 0.25) is 0 Å². The highest BCUT2D eigenvalue weighted by molar-refractivity contribution is 5.91. The average Bonchev–Trinajstić information content (AvgIpc) is 2.58. The third-order valence-electron chi connectivity index (χ3n) is 2.56. The summed E-state index contributed by atoms with van der Waals surface area (Å²) in [6, 6.07) is 0.196. The number of hydrogen-bond donors (Lipinski definition) is 2. The third kappa shape index (κ3) is 4.19. The number of amides is 1. The Hall–Kier alpha value is -1.36. The Morgan fingerprint density at radius 3 is 2.82 bits per heavy atom. The van der Waals surface area contributed by atoms with Crippen LogP contribution in [0.15, 0.2) is 6.20 Å². The van der Waals surface area contributed by atoms with Crippen molar-refractivity contribution < 1.29 is 4.79 Å². The third-order valence-corrected chi connectivity index (χ3v) is 2.56. The molecule has 5 nitrogen and oxygen atoms in total. The molecular formula is C12H22N4O. The van der Waals surface area contributed by atoms with Crippen molar-refractivity contribution in [2.45, 2.75) is 39.7 Å². The van der Waals surface area contributed by atoms with Crippen LogP contribution in [0.4, 0.5) is 5.69 Å². The number of aryl methyl sites for hydroxylation is 2. The van der Waals surface area contributed by atoms with Gasteiger partial charge in [-0.2, -0.15) is 5.10 Å². The minimum atomic E-state index is 0.0288. The fourth-order valence-electron chi connectivity index (χ4n) is 1.80. The molecule has 1 aromatic heterocycles. The number of nitrogens with one attached hydrogen (secondary N) is 2. The van der Waals surface area contributed by atoms with E-state index in [2.05, 4.69) is 15.7 Å². The van der Waals surface area contributed by atoms with Crippen molar-refractivity contribution in [1.82, 2.24) is 15.1 Å². The van der Waals surface area contributed by atoms with Gasteiger partial charge in [-0.05, 0) is 19.9 Å². The van der Waals surface area contributed by atoms with Crippen LogP contribution in [0, 0.1) is 0 Å². The monoisotopic (exact) mass is 238 g/mol. The van der Waals surface area contributed by atoms with Gasteiger partial charge in [0.15, 0.2) is 0 Å². The lowest BCUT2D eigenvalue weighted by molar-refractivity contribution is -0.116. The number of hydrogen-bond acceptors (Lipinski definition) is 3. The van der Waals surface area contributed by atoms with Crippen molar-refractivity contribution in [1.29, 1.82) is 0 Å². The molecule has 0 spiro atoms. The summed E-state index contributed by atoms with van der Waals surface area (Å²) in [5.74, 6) is 0.0288. The van der Waals surface area contributed by atoms with E-state index in [1.165, 1.54) is 0 Å². The Balaban J connectivity index is 2.55. The summed E-state index contributed by atoms with van der Waals surface area (Å²) in [5.41, 5.74) is 1.75. The molecule has 1 amide bonds. The van der Waals surface area contributed by atoms with E-state index in [4.69, 9.17) is 0 Å². The topological polar surface area (TPSA) is 59.0 Å². The zero-order valence-electron chi connectivity index (χ0n) is 11.1. The zero-order valence-corrected chi connectivity index (χ0v) is 11.1. The van der Waals surface area contributed by atoms with E-state index in [1.54, 1.807) is 4.68 Å². The first-order valence-electron chi connectivity index (χ1n) is 6.12. The summed E-state index contributed by atoms with van der Waals surface area (Å²) < 4.78 is 1.72. The largest absolute Gasteiger partial charge is 0.323 e. The second-order valence-corrected chi connectivity index (χ2v) is 4.23. The van der Waals surface area contributed by atoms with Crippen molar-refractivity contribution in [3.8, 4) is 0 Å². The summed E-state index contributed by atoms with van der Waals surface area (Å²) in [6.07, 6.45) is 3.14. The second kappa shape index (κ2) is 6.39. The van der Waals surface area contributed by atoms with Crippen molar-refractivity contribution in [2.75, 3.05) is 11.9 Å². The molecule has 2 N–H and O–H groups in total. The quantitative estimate of drug-likeness (QED) is 0.785. The maximum Gasteiger partial charge on any atom is 0.226 e. The van der Waals surface area contributed by atoms with E-state index in [-0.39, 0.29) is 11.9 Å². The smallest absolute Gasteiger partial charge is 0.226 e. The average molecular weight is 238 g/mol. The van der Waals surface area contributed by atoms with Gasteiger partial charge in [-0.15, -0.1) is 0 Å². The molecule has 0 aliphatic rings. The Morgan fingerprint density at radius 2 is 2.24 bits per heavy atom. The van der Waals surface area contributed by atoms with Crippen LogP contribution in [-0.4, -0.2) is 28.3 Å². The summed E-state index contributed by atoms with van der Waals surface area (Å²) in [7, 11) is 1.86.